The van der Waals surface area contributed by atoms with Crippen molar-refractivity contribution in [3.63, 3.8) is 0 Å². The molecule has 0 unspecified atom stereocenters. The standard InChI is InChI=1S/C14H11FN2O/c1-9-5-6-10(8-16)13(7-9)18-14-11(15)3-2-4-12(14)17/h2-7H,17H2,1H3. The average molecular weight is 242 g/mol. The lowest BCUT2D eigenvalue weighted by molar-refractivity contribution is 0.443. The number of hydrogen-bond acceptors (Lipinski definition) is 3. The number of aryl methyl sites for hydroxylation is 1. The van der Waals surface area contributed by atoms with E-state index in [0.29, 0.717) is 11.3 Å². The fourth-order valence-electron chi connectivity index (χ4n) is 1.55. The highest BCUT2D eigenvalue weighted by Gasteiger charge is 2.11. The van der Waals surface area contributed by atoms with E-state index in [2.05, 4.69) is 0 Å². The van der Waals surface area contributed by atoms with Gasteiger partial charge in [0.1, 0.15) is 11.8 Å². The summed E-state index contributed by atoms with van der Waals surface area (Å²) in [7, 11) is 0. The number of nitriles is 1. The van der Waals surface area contributed by atoms with E-state index in [1.165, 1.54) is 12.1 Å². The van der Waals surface area contributed by atoms with Crippen LogP contribution in [0, 0.1) is 24.1 Å². The number of hydrogen-bond donors (Lipinski definition) is 1. The quantitative estimate of drug-likeness (QED) is 0.821. The third-order valence-electron chi connectivity index (χ3n) is 2.47. The first-order chi connectivity index (χ1) is 8.61. The molecule has 0 saturated carbocycles. The molecule has 2 aromatic rings. The van der Waals surface area contributed by atoms with Crippen LogP contribution < -0.4 is 10.5 Å². The van der Waals surface area contributed by atoms with Crippen molar-refractivity contribution in [2.45, 2.75) is 6.92 Å². The van der Waals surface area contributed by atoms with Crippen LogP contribution in [0.2, 0.25) is 0 Å². The number of nitrogen functional groups attached to an aromatic ring is 1. The van der Waals surface area contributed by atoms with Crippen LogP contribution in [-0.4, -0.2) is 0 Å². The van der Waals surface area contributed by atoms with Gasteiger partial charge in [0.2, 0.25) is 0 Å². The van der Waals surface area contributed by atoms with E-state index in [1.807, 2.05) is 13.0 Å². The molecule has 0 saturated heterocycles. The first-order valence-corrected chi connectivity index (χ1v) is 5.34. The fraction of sp³-hybridized carbons (Fsp3) is 0.0714. The van der Waals surface area contributed by atoms with Gasteiger partial charge in [-0.05, 0) is 36.8 Å². The molecule has 0 spiro atoms. The number of rotatable bonds is 2. The average Bonchev–Trinajstić information content (AvgIpc) is 2.34. The smallest absolute Gasteiger partial charge is 0.185 e. The van der Waals surface area contributed by atoms with Crippen molar-refractivity contribution in [3.8, 4) is 17.6 Å². The monoisotopic (exact) mass is 242 g/mol. The van der Waals surface area contributed by atoms with Crippen molar-refractivity contribution >= 4 is 5.69 Å². The van der Waals surface area contributed by atoms with E-state index in [4.69, 9.17) is 15.7 Å². The minimum atomic E-state index is -0.555. The van der Waals surface area contributed by atoms with Gasteiger partial charge in [-0.3, -0.25) is 0 Å². The molecule has 0 heterocycles. The summed E-state index contributed by atoms with van der Waals surface area (Å²) in [6.45, 7) is 1.86. The molecule has 0 aromatic heterocycles. The van der Waals surface area contributed by atoms with Gasteiger partial charge in [0.25, 0.3) is 0 Å². The summed E-state index contributed by atoms with van der Waals surface area (Å²) in [5, 5.41) is 8.97. The van der Waals surface area contributed by atoms with E-state index in [9.17, 15) is 4.39 Å². The molecule has 18 heavy (non-hydrogen) atoms. The molecule has 2 rings (SSSR count). The van der Waals surface area contributed by atoms with Crippen LogP contribution in [0.3, 0.4) is 0 Å². The highest BCUT2D eigenvalue weighted by molar-refractivity contribution is 5.56. The summed E-state index contributed by atoms with van der Waals surface area (Å²) >= 11 is 0. The second kappa shape index (κ2) is 4.76. The summed E-state index contributed by atoms with van der Waals surface area (Å²) in [5.41, 5.74) is 7.10. The molecule has 2 aromatic carbocycles. The first kappa shape index (κ1) is 11.9. The van der Waals surface area contributed by atoms with Crippen molar-refractivity contribution in [2.75, 3.05) is 5.73 Å². The van der Waals surface area contributed by atoms with Crippen LogP contribution in [0.4, 0.5) is 10.1 Å². The van der Waals surface area contributed by atoms with Gasteiger partial charge in [-0.25, -0.2) is 4.39 Å². The van der Waals surface area contributed by atoms with Crippen molar-refractivity contribution in [1.29, 1.82) is 5.26 Å². The summed E-state index contributed by atoms with van der Waals surface area (Å²) in [6, 6.07) is 11.4. The molecule has 2 N–H and O–H groups in total. The van der Waals surface area contributed by atoms with Crippen molar-refractivity contribution in [2.24, 2.45) is 0 Å². The molecule has 3 nitrogen and oxygen atoms in total. The molecule has 0 atom stereocenters. The molecule has 0 aliphatic carbocycles. The largest absolute Gasteiger partial charge is 0.451 e. The molecule has 0 bridgehead atoms. The van der Waals surface area contributed by atoms with Gasteiger partial charge in [0.05, 0.1) is 11.3 Å². The van der Waals surface area contributed by atoms with Gasteiger partial charge in [0, 0.05) is 0 Å². The molecular weight excluding hydrogens is 231 g/mol. The van der Waals surface area contributed by atoms with E-state index < -0.39 is 5.82 Å². The molecule has 90 valence electrons. The normalized spacial score (nSPS) is 9.83. The Labute approximate surface area is 104 Å². The highest BCUT2D eigenvalue weighted by Crippen LogP contribution is 2.32. The van der Waals surface area contributed by atoms with E-state index >= 15 is 0 Å². The predicted molar refractivity (Wildman–Crippen MR) is 66.8 cm³/mol. The maximum absolute atomic E-state index is 13.6. The maximum Gasteiger partial charge on any atom is 0.185 e. The minimum Gasteiger partial charge on any atom is -0.451 e. The van der Waals surface area contributed by atoms with Crippen LogP contribution in [0.1, 0.15) is 11.1 Å². The van der Waals surface area contributed by atoms with E-state index in [0.717, 1.165) is 5.56 Å². The Balaban J connectivity index is 2.46. The maximum atomic E-state index is 13.6. The molecule has 4 heteroatoms. The number of nitrogens with two attached hydrogens (primary N) is 1. The molecule has 0 aliphatic heterocycles. The zero-order chi connectivity index (χ0) is 13.1. The van der Waals surface area contributed by atoms with Crippen molar-refractivity contribution < 1.29 is 9.13 Å². The second-order valence-electron chi connectivity index (χ2n) is 3.87. The van der Waals surface area contributed by atoms with Gasteiger partial charge in [-0.15, -0.1) is 0 Å². The van der Waals surface area contributed by atoms with E-state index in [-0.39, 0.29) is 11.4 Å². The fourth-order valence-corrected chi connectivity index (χ4v) is 1.55. The summed E-state index contributed by atoms with van der Waals surface area (Å²) in [5.74, 6) is -0.311. The Morgan fingerprint density at radius 2 is 2.06 bits per heavy atom. The third-order valence-corrected chi connectivity index (χ3v) is 2.47. The molecule has 0 amide bonds. The zero-order valence-corrected chi connectivity index (χ0v) is 9.77. The topological polar surface area (TPSA) is 59.0 Å². The minimum absolute atomic E-state index is 0.0559. The van der Waals surface area contributed by atoms with Gasteiger partial charge in [-0.2, -0.15) is 5.26 Å². The Kier molecular flexibility index (Phi) is 3.16. The predicted octanol–water partition coefficient (Wildman–Crippen LogP) is 3.38. The number of benzene rings is 2. The lowest BCUT2D eigenvalue weighted by Gasteiger charge is -2.11. The third kappa shape index (κ3) is 2.25. The summed E-state index contributed by atoms with van der Waals surface area (Å²) in [6.07, 6.45) is 0. The zero-order valence-electron chi connectivity index (χ0n) is 9.77. The number of para-hydroxylation sites is 1. The number of anilines is 1. The Hall–Kier alpha value is -2.54. The number of ether oxygens (including phenoxy) is 1. The number of halogens is 1. The Bertz CT molecular complexity index is 612. The Morgan fingerprint density at radius 3 is 2.72 bits per heavy atom. The van der Waals surface area contributed by atoms with Gasteiger partial charge in [-0.1, -0.05) is 12.1 Å². The SMILES string of the molecule is Cc1ccc(C#N)c(Oc2c(N)cccc2F)c1. The highest BCUT2D eigenvalue weighted by atomic mass is 19.1. The van der Waals surface area contributed by atoms with Crippen molar-refractivity contribution in [1.82, 2.24) is 0 Å². The summed E-state index contributed by atoms with van der Waals surface area (Å²) in [4.78, 5) is 0. The Morgan fingerprint density at radius 1 is 1.28 bits per heavy atom. The van der Waals surface area contributed by atoms with Crippen LogP contribution in [0.25, 0.3) is 0 Å². The molecule has 0 aliphatic rings. The molecular formula is C14H11FN2O. The van der Waals surface area contributed by atoms with Gasteiger partial charge in [0.15, 0.2) is 11.6 Å². The van der Waals surface area contributed by atoms with Gasteiger partial charge >= 0.3 is 0 Å². The molecule has 0 radical (unpaired) electrons. The lowest BCUT2D eigenvalue weighted by atomic mass is 10.1. The first-order valence-electron chi connectivity index (χ1n) is 5.34. The second-order valence-corrected chi connectivity index (χ2v) is 3.87. The lowest BCUT2D eigenvalue weighted by Crippen LogP contribution is -1.96. The van der Waals surface area contributed by atoms with E-state index in [1.54, 1.807) is 24.3 Å². The van der Waals surface area contributed by atoms with Crippen LogP contribution >= 0.6 is 0 Å². The van der Waals surface area contributed by atoms with Crippen LogP contribution in [0.5, 0.6) is 11.5 Å². The van der Waals surface area contributed by atoms with Crippen molar-refractivity contribution in [3.05, 3.63) is 53.3 Å². The molecule has 0 fully saturated rings. The number of nitrogens with zero attached hydrogens (tertiary/aromatic N) is 1. The van der Waals surface area contributed by atoms with Crippen LogP contribution in [0.15, 0.2) is 36.4 Å². The van der Waals surface area contributed by atoms with Crippen LogP contribution in [-0.2, 0) is 0 Å². The summed E-state index contributed by atoms with van der Waals surface area (Å²) < 4.78 is 19.0. The van der Waals surface area contributed by atoms with Gasteiger partial charge < -0.3 is 10.5 Å².